The first-order valence-corrected chi connectivity index (χ1v) is 8.12. The summed E-state index contributed by atoms with van der Waals surface area (Å²) in [6.45, 7) is -0.321. The minimum Gasteiger partial charge on any atom is -0.467 e. The Morgan fingerprint density at radius 1 is 1.21 bits per heavy atom. The summed E-state index contributed by atoms with van der Waals surface area (Å²) >= 11 is 0. The third-order valence-electron chi connectivity index (χ3n) is 2.84. The molecule has 8 nitrogen and oxygen atoms in total. The van der Waals surface area contributed by atoms with Gasteiger partial charge >= 0.3 is 6.01 Å². The first kappa shape index (κ1) is 17.9. The Bertz CT molecular complexity index is 845. The third-order valence-corrected chi connectivity index (χ3v) is 4.27. The van der Waals surface area contributed by atoms with Crippen LogP contribution in [0.4, 0.5) is 14.7 Å². The molecule has 0 amide bonds. The number of methoxy groups -OCH3 is 1. The van der Waals surface area contributed by atoms with E-state index in [1.54, 1.807) is 19.0 Å². The molecule has 24 heavy (non-hydrogen) atoms. The van der Waals surface area contributed by atoms with Crippen molar-refractivity contribution in [2.75, 3.05) is 26.1 Å². The van der Waals surface area contributed by atoms with Crippen molar-refractivity contribution >= 4 is 16.0 Å². The van der Waals surface area contributed by atoms with E-state index < -0.39 is 26.6 Å². The Hall–Kier alpha value is -2.40. The van der Waals surface area contributed by atoms with E-state index >= 15 is 0 Å². The van der Waals surface area contributed by atoms with Crippen LogP contribution in [0.25, 0.3) is 0 Å². The van der Waals surface area contributed by atoms with Gasteiger partial charge in [0.25, 0.3) is 0 Å². The van der Waals surface area contributed by atoms with Gasteiger partial charge in [-0.05, 0) is 12.1 Å². The summed E-state index contributed by atoms with van der Waals surface area (Å²) in [6.07, 6.45) is 0. The summed E-state index contributed by atoms with van der Waals surface area (Å²) in [5, 5.41) is 0. The summed E-state index contributed by atoms with van der Waals surface area (Å²) in [4.78, 5) is 12.9. The van der Waals surface area contributed by atoms with Crippen molar-refractivity contribution in [1.82, 2.24) is 19.7 Å². The van der Waals surface area contributed by atoms with Crippen molar-refractivity contribution in [2.45, 2.75) is 11.4 Å². The molecule has 1 aromatic carbocycles. The number of sulfonamides is 1. The predicted molar refractivity (Wildman–Crippen MR) is 81.1 cm³/mol. The van der Waals surface area contributed by atoms with E-state index in [9.17, 15) is 17.2 Å². The van der Waals surface area contributed by atoms with E-state index in [1.807, 2.05) is 0 Å². The van der Waals surface area contributed by atoms with Gasteiger partial charge in [0.15, 0.2) is 5.82 Å². The van der Waals surface area contributed by atoms with Crippen LogP contribution in [0.3, 0.4) is 0 Å². The molecular weight excluding hydrogens is 344 g/mol. The smallest absolute Gasteiger partial charge is 0.321 e. The maximum Gasteiger partial charge on any atom is 0.321 e. The first-order chi connectivity index (χ1) is 11.2. The number of aromatic nitrogens is 3. The molecule has 0 aliphatic heterocycles. The highest BCUT2D eigenvalue weighted by Gasteiger charge is 2.20. The molecule has 0 spiro atoms. The van der Waals surface area contributed by atoms with Crippen molar-refractivity contribution < 1.29 is 21.9 Å². The largest absolute Gasteiger partial charge is 0.467 e. The molecule has 1 N–H and O–H groups in total. The van der Waals surface area contributed by atoms with Gasteiger partial charge in [0, 0.05) is 20.2 Å². The van der Waals surface area contributed by atoms with Gasteiger partial charge < -0.3 is 9.64 Å². The summed E-state index contributed by atoms with van der Waals surface area (Å²) in [6, 6.07) is 2.20. The number of anilines is 1. The number of hydrogen-bond acceptors (Lipinski definition) is 7. The Labute approximate surface area is 137 Å². The van der Waals surface area contributed by atoms with Crippen molar-refractivity contribution in [3.05, 3.63) is 35.7 Å². The van der Waals surface area contributed by atoms with Crippen LogP contribution in [-0.2, 0) is 16.6 Å². The third kappa shape index (κ3) is 4.11. The number of hydrogen-bond donors (Lipinski definition) is 1. The fourth-order valence-electron chi connectivity index (χ4n) is 1.69. The molecule has 1 aromatic heterocycles. The molecule has 0 bridgehead atoms. The van der Waals surface area contributed by atoms with Gasteiger partial charge in [0.2, 0.25) is 16.0 Å². The maximum absolute atomic E-state index is 13.6. The number of nitrogens with one attached hydrogen (secondary N) is 1. The van der Waals surface area contributed by atoms with Crippen molar-refractivity contribution in [3.8, 4) is 6.01 Å². The van der Waals surface area contributed by atoms with Gasteiger partial charge in [0.1, 0.15) is 16.5 Å². The quantitative estimate of drug-likeness (QED) is 0.811. The second-order valence-corrected chi connectivity index (χ2v) is 6.57. The molecule has 0 aliphatic rings. The normalized spacial score (nSPS) is 11.4. The fourth-order valence-corrected chi connectivity index (χ4v) is 2.72. The number of nitrogens with zero attached hydrogens (tertiary/aromatic N) is 4. The molecule has 0 unspecified atom stereocenters. The Balaban J connectivity index is 2.24. The summed E-state index contributed by atoms with van der Waals surface area (Å²) in [5.74, 6) is -1.71. The molecular formula is C13H15F2N5O3S. The minimum atomic E-state index is -4.21. The molecule has 0 aliphatic carbocycles. The molecule has 0 atom stereocenters. The van der Waals surface area contributed by atoms with E-state index in [4.69, 9.17) is 4.74 Å². The molecule has 0 radical (unpaired) electrons. The summed E-state index contributed by atoms with van der Waals surface area (Å²) < 4.78 is 57.9. The van der Waals surface area contributed by atoms with Crippen LogP contribution in [0.1, 0.15) is 5.82 Å². The van der Waals surface area contributed by atoms with Crippen LogP contribution < -0.4 is 14.4 Å². The van der Waals surface area contributed by atoms with E-state index in [0.717, 1.165) is 12.1 Å². The summed E-state index contributed by atoms with van der Waals surface area (Å²) in [7, 11) is 0.535. The highest BCUT2D eigenvalue weighted by Crippen LogP contribution is 2.16. The molecule has 11 heteroatoms. The second-order valence-electron chi connectivity index (χ2n) is 4.83. The minimum absolute atomic E-state index is 0.0101. The SMILES string of the molecule is COc1nc(CNS(=O)(=O)c2ccc(F)cc2F)nc(N(C)C)n1. The number of benzene rings is 1. The highest BCUT2D eigenvalue weighted by molar-refractivity contribution is 7.89. The molecule has 2 rings (SSSR count). The lowest BCUT2D eigenvalue weighted by molar-refractivity contribution is 0.375. The van der Waals surface area contributed by atoms with Crippen molar-refractivity contribution in [1.29, 1.82) is 0 Å². The average molecular weight is 359 g/mol. The number of rotatable bonds is 6. The Kier molecular flexibility index (Phi) is 5.24. The second kappa shape index (κ2) is 7.01. The van der Waals surface area contributed by atoms with Crippen molar-refractivity contribution in [2.24, 2.45) is 0 Å². The Morgan fingerprint density at radius 3 is 2.50 bits per heavy atom. The lowest BCUT2D eigenvalue weighted by Crippen LogP contribution is -2.26. The topological polar surface area (TPSA) is 97.3 Å². The van der Waals surface area contributed by atoms with Gasteiger partial charge in [-0.15, -0.1) is 0 Å². The zero-order chi connectivity index (χ0) is 17.9. The van der Waals surface area contributed by atoms with E-state index in [0.29, 0.717) is 6.07 Å². The molecule has 1 heterocycles. The van der Waals surface area contributed by atoms with E-state index in [-0.39, 0.29) is 24.3 Å². The maximum atomic E-state index is 13.6. The zero-order valence-electron chi connectivity index (χ0n) is 13.1. The van der Waals surface area contributed by atoms with Gasteiger partial charge in [-0.25, -0.2) is 21.9 Å². The lowest BCUT2D eigenvalue weighted by Gasteiger charge is -2.12. The van der Waals surface area contributed by atoms with Crippen LogP contribution in [0.15, 0.2) is 23.1 Å². The average Bonchev–Trinajstić information content (AvgIpc) is 2.52. The standard InChI is InChI=1S/C13H15F2N5O3S/c1-20(2)12-17-11(18-13(19-12)23-3)7-16-24(21,22)10-5-4-8(14)6-9(10)15/h4-6,16H,7H2,1-3H3. The lowest BCUT2D eigenvalue weighted by atomic mass is 10.3. The van der Waals surface area contributed by atoms with Crippen LogP contribution >= 0.6 is 0 Å². The molecule has 2 aromatic rings. The zero-order valence-corrected chi connectivity index (χ0v) is 13.9. The van der Waals surface area contributed by atoms with Crippen LogP contribution in [0.2, 0.25) is 0 Å². The number of ether oxygens (including phenoxy) is 1. The van der Waals surface area contributed by atoms with E-state index in [1.165, 1.54) is 7.11 Å². The number of halogens is 2. The fraction of sp³-hybridized carbons (Fsp3) is 0.308. The van der Waals surface area contributed by atoms with Crippen LogP contribution in [-0.4, -0.2) is 44.6 Å². The van der Waals surface area contributed by atoms with Crippen LogP contribution in [0, 0.1) is 11.6 Å². The molecule has 0 fully saturated rings. The Morgan fingerprint density at radius 2 is 1.92 bits per heavy atom. The molecule has 0 saturated carbocycles. The monoisotopic (exact) mass is 359 g/mol. The van der Waals surface area contributed by atoms with E-state index in [2.05, 4.69) is 19.7 Å². The molecule has 130 valence electrons. The van der Waals surface area contributed by atoms with Gasteiger partial charge in [0.05, 0.1) is 13.7 Å². The highest BCUT2D eigenvalue weighted by atomic mass is 32.2. The first-order valence-electron chi connectivity index (χ1n) is 6.64. The van der Waals surface area contributed by atoms with Crippen LogP contribution in [0.5, 0.6) is 6.01 Å². The van der Waals surface area contributed by atoms with Crippen molar-refractivity contribution in [3.63, 3.8) is 0 Å². The predicted octanol–water partition coefficient (Wildman–Crippen LogP) is 0.703. The van der Waals surface area contributed by atoms with Gasteiger partial charge in [-0.1, -0.05) is 0 Å². The molecule has 0 saturated heterocycles. The van der Waals surface area contributed by atoms with Gasteiger partial charge in [-0.3, -0.25) is 0 Å². The summed E-state index contributed by atoms with van der Waals surface area (Å²) in [5.41, 5.74) is 0. The van der Waals surface area contributed by atoms with Gasteiger partial charge in [-0.2, -0.15) is 15.0 Å².